The molecule has 1 aliphatic rings. The number of aromatic nitrogens is 2. The van der Waals surface area contributed by atoms with Gasteiger partial charge >= 0.3 is 0 Å². The molecule has 3 nitrogen and oxygen atoms in total. The van der Waals surface area contributed by atoms with Gasteiger partial charge < -0.3 is 5.73 Å². The fraction of sp³-hybridized carbons (Fsp3) is 0.692. The van der Waals surface area contributed by atoms with E-state index < -0.39 is 0 Å². The van der Waals surface area contributed by atoms with E-state index in [-0.39, 0.29) is 0 Å². The fourth-order valence-electron chi connectivity index (χ4n) is 2.43. The Morgan fingerprint density at radius 3 is 2.82 bits per heavy atom. The van der Waals surface area contributed by atoms with Gasteiger partial charge in [0.25, 0.3) is 0 Å². The Kier molecular flexibility index (Phi) is 4.40. The van der Waals surface area contributed by atoms with Gasteiger partial charge in [-0.3, -0.25) is 4.98 Å². The van der Waals surface area contributed by atoms with E-state index in [9.17, 15) is 0 Å². The number of nitrogens with two attached hydrogens (primary N) is 1. The van der Waals surface area contributed by atoms with Crippen molar-refractivity contribution in [3.8, 4) is 0 Å². The lowest BCUT2D eigenvalue weighted by Gasteiger charge is -2.35. The van der Waals surface area contributed by atoms with Gasteiger partial charge in [-0.05, 0) is 31.1 Å². The van der Waals surface area contributed by atoms with Crippen LogP contribution < -0.4 is 5.73 Å². The van der Waals surface area contributed by atoms with Crippen LogP contribution in [0.25, 0.3) is 0 Å². The Balaban J connectivity index is 1.99. The highest BCUT2D eigenvalue weighted by Gasteiger charge is 2.30. The maximum Gasteiger partial charge on any atom is 0.115 e. The first kappa shape index (κ1) is 12.8. The maximum atomic E-state index is 6.22. The second kappa shape index (κ2) is 5.83. The average molecular weight is 251 g/mol. The second-order valence-corrected chi connectivity index (χ2v) is 6.44. The summed E-state index contributed by atoms with van der Waals surface area (Å²) >= 11 is 1.80. The number of hydrogen-bond donors (Lipinski definition) is 1. The minimum Gasteiger partial charge on any atom is -0.327 e. The molecule has 0 bridgehead atoms. The van der Waals surface area contributed by atoms with E-state index in [0.29, 0.717) is 11.3 Å². The molecule has 0 aromatic carbocycles. The van der Waals surface area contributed by atoms with Crippen LogP contribution in [0.2, 0.25) is 0 Å². The van der Waals surface area contributed by atoms with Gasteiger partial charge in [-0.25, -0.2) is 4.98 Å². The minimum absolute atomic E-state index is 0.303. The third kappa shape index (κ3) is 3.42. The van der Waals surface area contributed by atoms with Crippen LogP contribution in [0.15, 0.2) is 23.6 Å². The zero-order chi connectivity index (χ0) is 12.3. The van der Waals surface area contributed by atoms with Crippen molar-refractivity contribution in [2.45, 2.75) is 49.4 Å². The summed E-state index contributed by atoms with van der Waals surface area (Å²) in [6.07, 6.45) is 8.91. The van der Waals surface area contributed by atoms with Crippen molar-refractivity contribution in [1.29, 1.82) is 0 Å². The summed E-state index contributed by atoms with van der Waals surface area (Å²) in [6.45, 7) is 4.62. The van der Waals surface area contributed by atoms with Gasteiger partial charge in [-0.1, -0.05) is 25.6 Å². The summed E-state index contributed by atoms with van der Waals surface area (Å²) < 4.78 is 0. The van der Waals surface area contributed by atoms with Gasteiger partial charge in [0.05, 0.1) is 6.20 Å². The molecule has 4 heteroatoms. The Hall–Kier alpha value is -0.610. The molecule has 17 heavy (non-hydrogen) atoms. The molecule has 2 N–H and O–H groups in total. The van der Waals surface area contributed by atoms with E-state index >= 15 is 0 Å². The first-order valence-corrected chi connectivity index (χ1v) is 7.23. The topological polar surface area (TPSA) is 51.8 Å². The predicted molar refractivity (Wildman–Crippen MR) is 71.8 cm³/mol. The summed E-state index contributed by atoms with van der Waals surface area (Å²) in [6, 6.07) is 0.303. The van der Waals surface area contributed by atoms with Gasteiger partial charge in [0, 0.05) is 23.7 Å². The zero-order valence-electron chi connectivity index (χ0n) is 10.5. The molecule has 1 aromatic rings. The fourth-order valence-corrected chi connectivity index (χ4v) is 3.63. The van der Waals surface area contributed by atoms with Crippen LogP contribution in [0, 0.1) is 11.8 Å². The van der Waals surface area contributed by atoms with Crippen molar-refractivity contribution >= 4 is 11.8 Å². The molecule has 94 valence electrons. The highest BCUT2D eigenvalue weighted by molar-refractivity contribution is 7.99. The highest BCUT2D eigenvalue weighted by Crippen LogP contribution is 2.37. The van der Waals surface area contributed by atoms with Crippen molar-refractivity contribution in [3.63, 3.8) is 0 Å². The smallest absolute Gasteiger partial charge is 0.115 e. The molecule has 2 rings (SSSR count). The average Bonchev–Trinajstić information content (AvgIpc) is 2.33. The van der Waals surface area contributed by atoms with Crippen LogP contribution in [-0.4, -0.2) is 21.3 Å². The van der Waals surface area contributed by atoms with Crippen molar-refractivity contribution in [2.75, 3.05) is 0 Å². The standard InChI is InChI=1S/C13H21N3S/c1-9(2)10-3-4-11(14)12(7-10)17-13-8-15-5-6-16-13/h5-6,8-12H,3-4,7,14H2,1-2H3. The van der Waals surface area contributed by atoms with Crippen LogP contribution in [0.5, 0.6) is 0 Å². The van der Waals surface area contributed by atoms with E-state index in [1.165, 1.54) is 12.8 Å². The Morgan fingerprint density at radius 1 is 1.35 bits per heavy atom. The van der Waals surface area contributed by atoms with Gasteiger partial charge in [0.15, 0.2) is 0 Å². The lowest BCUT2D eigenvalue weighted by atomic mass is 9.79. The molecule has 1 aliphatic carbocycles. The minimum atomic E-state index is 0.303. The maximum absolute atomic E-state index is 6.22. The third-order valence-corrected chi connectivity index (χ3v) is 4.93. The van der Waals surface area contributed by atoms with Gasteiger partial charge in [-0.15, -0.1) is 0 Å². The number of nitrogens with zero attached hydrogens (tertiary/aromatic N) is 2. The van der Waals surface area contributed by atoms with Gasteiger partial charge in [0.2, 0.25) is 0 Å². The lowest BCUT2D eigenvalue weighted by molar-refractivity contribution is 0.266. The highest BCUT2D eigenvalue weighted by atomic mass is 32.2. The molecule has 1 fully saturated rings. The molecule has 0 radical (unpaired) electrons. The van der Waals surface area contributed by atoms with Crippen molar-refractivity contribution in [1.82, 2.24) is 9.97 Å². The molecule has 1 heterocycles. The van der Waals surface area contributed by atoms with E-state index in [1.54, 1.807) is 24.2 Å². The van der Waals surface area contributed by atoms with E-state index in [0.717, 1.165) is 23.3 Å². The molecular formula is C13H21N3S. The Labute approximate surface area is 108 Å². The Morgan fingerprint density at radius 2 is 2.18 bits per heavy atom. The SMILES string of the molecule is CC(C)C1CCC(N)C(Sc2cnccn2)C1. The van der Waals surface area contributed by atoms with Gasteiger partial charge in [-0.2, -0.15) is 0 Å². The second-order valence-electron chi connectivity index (χ2n) is 5.18. The number of hydrogen-bond acceptors (Lipinski definition) is 4. The summed E-state index contributed by atoms with van der Waals surface area (Å²) in [5.41, 5.74) is 6.22. The van der Waals surface area contributed by atoms with Crippen LogP contribution >= 0.6 is 11.8 Å². The lowest BCUT2D eigenvalue weighted by Crippen LogP contribution is -2.39. The molecule has 0 aliphatic heterocycles. The molecule has 0 spiro atoms. The van der Waals surface area contributed by atoms with Crippen LogP contribution in [0.1, 0.15) is 33.1 Å². The molecule has 1 saturated carbocycles. The monoisotopic (exact) mass is 251 g/mol. The van der Waals surface area contributed by atoms with E-state index in [1.807, 2.05) is 6.20 Å². The number of thioether (sulfide) groups is 1. The zero-order valence-corrected chi connectivity index (χ0v) is 11.4. The first-order chi connectivity index (χ1) is 8.16. The van der Waals surface area contributed by atoms with Crippen molar-refractivity contribution in [3.05, 3.63) is 18.6 Å². The third-order valence-electron chi connectivity index (χ3n) is 3.64. The molecule has 1 aromatic heterocycles. The molecular weight excluding hydrogens is 230 g/mol. The normalized spacial score (nSPS) is 29.5. The summed E-state index contributed by atoms with van der Waals surface area (Å²) in [5, 5.41) is 1.49. The molecule has 0 amide bonds. The molecule has 3 atom stereocenters. The summed E-state index contributed by atoms with van der Waals surface area (Å²) in [4.78, 5) is 8.43. The van der Waals surface area contributed by atoms with Gasteiger partial charge in [0.1, 0.15) is 5.03 Å². The summed E-state index contributed by atoms with van der Waals surface area (Å²) in [7, 11) is 0. The first-order valence-electron chi connectivity index (χ1n) is 6.35. The van der Waals surface area contributed by atoms with E-state index in [2.05, 4.69) is 23.8 Å². The number of rotatable bonds is 3. The Bertz CT molecular complexity index is 342. The largest absolute Gasteiger partial charge is 0.327 e. The van der Waals surface area contributed by atoms with Crippen LogP contribution in [-0.2, 0) is 0 Å². The molecule has 0 saturated heterocycles. The van der Waals surface area contributed by atoms with Crippen LogP contribution in [0.4, 0.5) is 0 Å². The molecule has 3 unspecified atom stereocenters. The summed E-state index contributed by atoms with van der Waals surface area (Å²) in [5.74, 6) is 1.57. The van der Waals surface area contributed by atoms with Crippen LogP contribution in [0.3, 0.4) is 0 Å². The van der Waals surface area contributed by atoms with Crippen molar-refractivity contribution in [2.24, 2.45) is 17.6 Å². The van der Waals surface area contributed by atoms with E-state index in [4.69, 9.17) is 5.73 Å². The quantitative estimate of drug-likeness (QED) is 0.897. The van der Waals surface area contributed by atoms with Crippen molar-refractivity contribution < 1.29 is 0 Å². The predicted octanol–water partition coefficient (Wildman–Crippen LogP) is 2.72.